The number of piperidine rings is 1. The Morgan fingerprint density at radius 3 is 2.42 bits per heavy atom. The van der Waals surface area contributed by atoms with Gasteiger partial charge in [0.2, 0.25) is 0 Å². The molecule has 2 heterocycles. The second-order valence-electron chi connectivity index (χ2n) is 7.45. The van der Waals surface area contributed by atoms with E-state index in [0.29, 0.717) is 18.6 Å². The summed E-state index contributed by atoms with van der Waals surface area (Å²) < 4.78 is 2.02. The fraction of sp³-hybridized carbons (Fsp3) is 0.800. The quantitative estimate of drug-likeness (QED) is 0.578. The van der Waals surface area contributed by atoms with Crippen LogP contribution in [0.4, 0.5) is 0 Å². The van der Waals surface area contributed by atoms with Gasteiger partial charge in [-0.25, -0.2) is 4.99 Å². The second kappa shape index (κ2) is 9.95. The first kappa shape index (κ1) is 20.7. The van der Waals surface area contributed by atoms with Crippen LogP contribution in [0.25, 0.3) is 0 Å². The minimum atomic E-state index is 0.507. The molecular formula is C20H38N6. The van der Waals surface area contributed by atoms with Crippen molar-refractivity contribution in [3.63, 3.8) is 0 Å². The molecule has 1 aliphatic rings. The van der Waals surface area contributed by atoms with Gasteiger partial charge >= 0.3 is 0 Å². The van der Waals surface area contributed by atoms with Crippen LogP contribution in [0.2, 0.25) is 0 Å². The second-order valence-corrected chi connectivity index (χ2v) is 7.45. The van der Waals surface area contributed by atoms with Gasteiger partial charge in [0.05, 0.1) is 12.2 Å². The Balaban J connectivity index is 2.03. The van der Waals surface area contributed by atoms with Crippen molar-refractivity contribution in [3.05, 3.63) is 17.0 Å². The average Bonchev–Trinajstić information content (AvgIpc) is 2.95. The van der Waals surface area contributed by atoms with Crippen molar-refractivity contribution in [2.24, 2.45) is 12.0 Å². The van der Waals surface area contributed by atoms with E-state index in [1.165, 1.54) is 29.8 Å². The van der Waals surface area contributed by atoms with E-state index in [9.17, 15) is 0 Å². The highest BCUT2D eigenvalue weighted by atomic mass is 15.3. The Kier molecular flexibility index (Phi) is 7.94. The molecule has 0 saturated carbocycles. The van der Waals surface area contributed by atoms with Gasteiger partial charge in [-0.15, -0.1) is 0 Å². The Morgan fingerprint density at radius 1 is 1.19 bits per heavy atom. The lowest BCUT2D eigenvalue weighted by Gasteiger charge is -2.35. The van der Waals surface area contributed by atoms with Crippen LogP contribution >= 0.6 is 0 Å². The number of aromatic nitrogens is 2. The van der Waals surface area contributed by atoms with Crippen LogP contribution in [0.3, 0.4) is 0 Å². The smallest absolute Gasteiger partial charge is 0.191 e. The third kappa shape index (κ3) is 5.22. The van der Waals surface area contributed by atoms with Gasteiger partial charge < -0.3 is 15.5 Å². The number of rotatable bonds is 7. The minimum absolute atomic E-state index is 0.507. The number of nitrogens with one attached hydrogen (secondary N) is 2. The number of hydrogen-bond donors (Lipinski definition) is 2. The molecule has 0 atom stereocenters. The molecule has 1 saturated heterocycles. The van der Waals surface area contributed by atoms with Crippen molar-refractivity contribution >= 4 is 5.96 Å². The summed E-state index contributed by atoms with van der Waals surface area (Å²) in [5.41, 5.74) is 3.77. The lowest BCUT2D eigenvalue weighted by atomic mass is 10.0. The molecule has 0 bridgehead atoms. The van der Waals surface area contributed by atoms with Crippen molar-refractivity contribution in [1.82, 2.24) is 25.3 Å². The van der Waals surface area contributed by atoms with Crippen LogP contribution in [0.15, 0.2) is 4.99 Å². The molecule has 0 amide bonds. The zero-order valence-corrected chi connectivity index (χ0v) is 17.6. The molecule has 0 radical (unpaired) electrons. The lowest BCUT2D eigenvalue weighted by molar-refractivity contribution is 0.167. The third-order valence-electron chi connectivity index (χ3n) is 5.37. The maximum atomic E-state index is 4.89. The van der Waals surface area contributed by atoms with Crippen molar-refractivity contribution < 1.29 is 0 Å². The zero-order valence-electron chi connectivity index (χ0n) is 17.6. The van der Waals surface area contributed by atoms with Gasteiger partial charge in [0.25, 0.3) is 0 Å². The molecule has 0 spiro atoms. The van der Waals surface area contributed by atoms with Gasteiger partial charge in [-0.2, -0.15) is 5.10 Å². The molecule has 26 heavy (non-hydrogen) atoms. The molecule has 0 aromatic carbocycles. The summed E-state index contributed by atoms with van der Waals surface area (Å²) in [5.74, 6) is 0.934. The first-order chi connectivity index (χ1) is 12.5. The molecule has 2 N–H and O–H groups in total. The van der Waals surface area contributed by atoms with E-state index in [0.717, 1.165) is 38.4 Å². The maximum Gasteiger partial charge on any atom is 0.191 e. The zero-order chi connectivity index (χ0) is 19.1. The molecule has 1 fully saturated rings. The number of hydrogen-bond acceptors (Lipinski definition) is 3. The highest BCUT2D eigenvalue weighted by Crippen LogP contribution is 2.17. The molecule has 1 aromatic heterocycles. The van der Waals surface area contributed by atoms with Crippen LogP contribution in [0, 0.1) is 0 Å². The van der Waals surface area contributed by atoms with Crippen LogP contribution in [0.5, 0.6) is 0 Å². The maximum absolute atomic E-state index is 4.89. The van der Waals surface area contributed by atoms with Crippen molar-refractivity contribution in [3.8, 4) is 0 Å². The van der Waals surface area contributed by atoms with Crippen molar-refractivity contribution in [2.45, 2.75) is 78.9 Å². The van der Waals surface area contributed by atoms with E-state index in [4.69, 9.17) is 4.99 Å². The average molecular weight is 363 g/mol. The first-order valence-electron chi connectivity index (χ1n) is 10.3. The molecule has 1 aliphatic heterocycles. The molecule has 6 heteroatoms. The summed E-state index contributed by atoms with van der Waals surface area (Å²) in [6.07, 6.45) is 4.30. The Bertz CT molecular complexity index is 581. The van der Waals surface area contributed by atoms with Crippen molar-refractivity contribution in [2.75, 3.05) is 19.6 Å². The molecule has 148 valence electrons. The molecule has 0 aliphatic carbocycles. The number of guanidine groups is 1. The van der Waals surface area contributed by atoms with Crippen LogP contribution in [0.1, 0.15) is 64.4 Å². The summed E-state index contributed by atoms with van der Waals surface area (Å²) in [6.45, 7) is 14.9. The van der Waals surface area contributed by atoms with E-state index < -0.39 is 0 Å². The fourth-order valence-electron chi connectivity index (χ4n) is 3.80. The SMILES string of the molecule is CCNC(=NCc1c(CC)nn(C)c1CC)NC1CCN(C(C)C)CC1. The van der Waals surface area contributed by atoms with Gasteiger partial charge in [0.1, 0.15) is 0 Å². The number of likely N-dealkylation sites (tertiary alicyclic amines) is 1. The van der Waals surface area contributed by atoms with E-state index in [2.05, 4.69) is 55.3 Å². The Morgan fingerprint density at radius 2 is 1.88 bits per heavy atom. The summed E-state index contributed by atoms with van der Waals surface area (Å²) in [4.78, 5) is 7.44. The summed E-state index contributed by atoms with van der Waals surface area (Å²) in [6, 6.07) is 1.15. The summed E-state index contributed by atoms with van der Waals surface area (Å²) >= 11 is 0. The monoisotopic (exact) mass is 362 g/mol. The predicted octanol–water partition coefficient (Wildman–Crippen LogP) is 2.47. The third-order valence-corrected chi connectivity index (χ3v) is 5.37. The fourth-order valence-corrected chi connectivity index (χ4v) is 3.80. The number of nitrogens with zero attached hydrogens (tertiary/aromatic N) is 4. The number of aliphatic imine (C=N–C) groups is 1. The van der Waals surface area contributed by atoms with Crippen molar-refractivity contribution in [1.29, 1.82) is 0 Å². The van der Waals surface area contributed by atoms with E-state index in [-0.39, 0.29) is 0 Å². The molecule has 6 nitrogen and oxygen atoms in total. The summed E-state index contributed by atoms with van der Waals surface area (Å²) in [7, 11) is 2.04. The molecule has 1 aromatic rings. The van der Waals surface area contributed by atoms with E-state index in [1.54, 1.807) is 0 Å². The van der Waals surface area contributed by atoms with Crippen LogP contribution in [-0.2, 0) is 26.4 Å². The number of aryl methyl sites for hydroxylation is 2. The standard InChI is InChI=1S/C20H38N6/c1-7-18-17(19(8-2)25(6)24-18)14-22-20(21-9-3)23-16-10-12-26(13-11-16)15(4)5/h15-16H,7-14H2,1-6H3,(H2,21,22,23). The molecule has 2 rings (SSSR count). The van der Waals surface area contributed by atoms with Crippen LogP contribution < -0.4 is 10.6 Å². The van der Waals surface area contributed by atoms with Crippen LogP contribution in [-0.4, -0.2) is 52.4 Å². The normalized spacial score (nSPS) is 17.1. The topological polar surface area (TPSA) is 57.5 Å². The van der Waals surface area contributed by atoms with Gasteiger partial charge in [0.15, 0.2) is 5.96 Å². The van der Waals surface area contributed by atoms with Gasteiger partial charge in [-0.05, 0) is 46.5 Å². The van der Waals surface area contributed by atoms with Gasteiger partial charge in [-0.1, -0.05) is 13.8 Å². The lowest BCUT2D eigenvalue weighted by Crippen LogP contribution is -2.49. The van der Waals surface area contributed by atoms with Gasteiger partial charge in [-0.3, -0.25) is 4.68 Å². The minimum Gasteiger partial charge on any atom is -0.357 e. The highest BCUT2D eigenvalue weighted by Gasteiger charge is 2.21. The van der Waals surface area contributed by atoms with E-state index in [1.807, 2.05) is 11.7 Å². The summed E-state index contributed by atoms with van der Waals surface area (Å²) in [5, 5.41) is 11.7. The molecule has 0 unspecified atom stereocenters. The van der Waals surface area contributed by atoms with E-state index >= 15 is 0 Å². The Labute approximate surface area is 159 Å². The molecular weight excluding hydrogens is 324 g/mol. The highest BCUT2D eigenvalue weighted by molar-refractivity contribution is 5.80. The van der Waals surface area contributed by atoms with Gasteiger partial charge in [0, 0.05) is 50.0 Å². The predicted molar refractivity (Wildman–Crippen MR) is 110 cm³/mol. The largest absolute Gasteiger partial charge is 0.357 e. The first-order valence-corrected chi connectivity index (χ1v) is 10.3. The Hall–Kier alpha value is -1.56.